The molecule has 0 aromatic carbocycles. The number of rotatable bonds is 1. The van der Waals surface area contributed by atoms with Gasteiger partial charge in [0.25, 0.3) is 0 Å². The number of likely N-dealkylation sites (tertiary alicyclic amines) is 1. The van der Waals surface area contributed by atoms with Gasteiger partial charge in [0.2, 0.25) is 5.91 Å². The zero-order valence-electron chi connectivity index (χ0n) is 10.3. The lowest BCUT2D eigenvalue weighted by molar-refractivity contribution is -0.167. The van der Waals surface area contributed by atoms with Crippen LogP contribution in [0.4, 0.5) is 0 Å². The van der Waals surface area contributed by atoms with E-state index in [4.69, 9.17) is 0 Å². The van der Waals surface area contributed by atoms with Crippen LogP contribution in [0, 0.1) is 23.2 Å². The third-order valence-electron chi connectivity index (χ3n) is 5.64. The Morgan fingerprint density at radius 1 is 1.00 bits per heavy atom. The molecule has 4 bridgehead atoms. The topological polar surface area (TPSA) is 40.5 Å². The molecule has 0 aromatic rings. The van der Waals surface area contributed by atoms with E-state index in [1.165, 1.54) is 19.3 Å². The van der Waals surface area contributed by atoms with Crippen LogP contribution in [0.3, 0.4) is 0 Å². The Labute approximate surface area is 102 Å². The molecule has 1 saturated heterocycles. The lowest BCUT2D eigenvalue weighted by atomic mass is 9.49. The molecule has 0 unspecified atom stereocenters. The summed E-state index contributed by atoms with van der Waals surface area (Å²) in [7, 11) is 0. The summed E-state index contributed by atoms with van der Waals surface area (Å²) in [6.45, 7) is 1.17. The Morgan fingerprint density at radius 2 is 1.47 bits per heavy atom. The van der Waals surface area contributed by atoms with Gasteiger partial charge in [0.05, 0.1) is 11.5 Å². The molecular weight excluding hydrogens is 214 g/mol. The molecule has 5 fully saturated rings. The van der Waals surface area contributed by atoms with Crippen molar-refractivity contribution < 1.29 is 9.90 Å². The number of β-amino-alcohol motifs (C(OH)–C–C–N with tert-alkyl or cyclic N) is 1. The third kappa shape index (κ3) is 1.41. The van der Waals surface area contributed by atoms with Gasteiger partial charge in [0.15, 0.2) is 0 Å². The molecule has 0 radical (unpaired) electrons. The molecule has 1 N–H and O–H groups in total. The molecule has 0 atom stereocenters. The highest BCUT2D eigenvalue weighted by Gasteiger charge is 2.56. The number of aliphatic hydroxyl groups is 1. The van der Waals surface area contributed by atoms with Crippen LogP contribution >= 0.6 is 0 Å². The van der Waals surface area contributed by atoms with E-state index >= 15 is 0 Å². The lowest BCUT2D eigenvalue weighted by Crippen LogP contribution is -2.61. The maximum absolute atomic E-state index is 12.6. The second-order valence-corrected chi connectivity index (χ2v) is 7.06. The van der Waals surface area contributed by atoms with E-state index in [1.54, 1.807) is 0 Å². The molecule has 4 aliphatic carbocycles. The Hall–Kier alpha value is -0.570. The van der Waals surface area contributed by atoms with E-state index in [2.05, 4.69) is 0 Å². The van der Waals surface area contributed by atoms with Crippen LogP contribution in [0.25, 0.3) is 0 Å². The molecule has 5 rings (SSSR count). The average Bonchev–Trinajstić information content (AvgIpc) is 2.22. The summed E-state index contributed by atoms with van der Waals surface area (Å²) in [5.41, 5.74) is -0.00507. The fraction of sp³-hybridized carbons (Fsp3) is 0.929. The van der Waals surface area contributed by atoms with Crippen molar-refractivity contribution in [2.75, 3.05) is 13.1 Å². The fourth-order valence-electron chi connectivity index (χ4n) is 5.33. The van der Waals surface area contributed by atoms with Crippen LogP contribution in [0.1, 0.15) is 38.5 Å². The highest BCUT2D eigenvalue weighted by atomic mass is 16.3. The summed E-state index contributed by atoms with van der Waals surface area (Å²) < 4.78 is 0. The molecule has 17 heavy (non-hydrogen) atoms. The van der Waals surface area contributed by atoms with Crippen LogP contribution in [-0.2, 0) is 4.79 Å². The maximum Gasteiger partial charge on any atom is 0.228 e. The first-order valence-electron chi connectivity index (χ1n) is 7.12. The van der Waals surface area contributed by atoms with Crippen molar-refractivity contribution in [3.05, 3.63) is 0 Å². The number of hydrogen-bond donors (Lipinski definition) is 1. The summed E-state index contributed by atoms with van der Waals surface area (Å²) in [5, 5.41) is 9.36. The first-order valence-corrected chi connectivity index (χ1v) is 7.12. The SMILES string of the molecule is O=C(N1CC(O)C1)C12CC3CC(CC(C3)C1)C2. The van der Waals surface area contributed by atoms with Gasteiger partial charge in [-0.05, 0) is 56.3 Å². The van der Waals surface area contributed by atoms with Crippen molar-refractivity contribution in [2.45, 2.75) is 44.6 Å². The maximum atomic E-state index is 12.6. The van der Waals surface area contributed by atoms with E-state index < -0.39 is 0 Å². The summed E-state index contributed by atoms with van der Waals surface area (Å²) in [6.07, 6.45) is 7.33. The van der Waals surface area contributed by atoms with Crippen LogP contribution in [0.5, 0.6) is 0 Å². The first-order chi connectivity index (χ1) is 8.14. The minimum Gasteiger partial charge on any atom is -0.389 e. The van der Waals surface area contributed by atoms with Crippen molar-refractivity contribution >= 4 is 5.91 Å². The smallest absolute Gasteiger partial charge is 0.228 e. The number of aliphatic hydroxyl groups excluding tert-OH is 1. The number of nitrogens with zero attached hydrogens (tertiary/aromatic N) is 1. The molecule has 1 aliphatic heterocycles. The summed E-state index contributed by atoms with van der Waals surface area (Å²) in [4.78, 5) is 14.5. The number of amides is 1. The number of carbonyl (C=O) groups excluding carboxylic acids is 1. The highest BCUT2D eigenvalue weighted by molar-refractivity contribution is 5.84. The zero-order valence-corrected chi connectivity index (χ0v) is 10.3. The van der Waals surface area contributed by atoms with E-state index in [9.17, 15) is 9.90 Å². The Morgan fingerprint density at radius 3 is 1.88 bits per heavy atom. The average molecular weight is 235 g/mol. The standard InChI is InChI=1S/C14H21NO2/c16-12-7-15(8-12)13(17)14-4-9-1-10(5-14)3-11(2-9)6-14/h9-12,16H,1-8H2. The van der Waals surface area contributed by atoms with Crippen LogP contribution < -0.4 is 0 Å². The van der Waals surface area contributed by atoms with E-state index in [1.807, 2.05) is 4.90 Å². The van der Waals surface area contributed by atoms with Gasteiger partial charge in [-0.3, -0.25) is 4.79 Å². The van der Waals surface area contributed by atoms with Crippen molar-refractivity contribution in [2.24, 2.45) is 23.2 Å². The molecule has 1 amide bonds. The molecule has 4 saturated carbocycles. The molecular formula is C14H21NO2. The van der Waals surface area contributed by atoms with E-state index in [-0.39, 0.29) is 11.5 Å². The summed E-state index contributed by atoms with van der Waals surface area (Å²) in [6, 6.07) is 0. The van der Waals surface area contributed by atoms with Gasteiger partial charge in [-0.15, -0.1) is 0 Å². The first kappa shape index (κ1) is 10.4. The van der Waals surface area contributed by atoms with Gasteiger partial charge in [-0.25, -0.2) is 0 Å². The van der Waals surface area contributed by atoms with Gasteiger partial charge in [0, 0.05) is 13.1 Å². The van der Waals surface area contributed by atoms with Crippen molar-refractivity contribution in [1.82, 2.24) is 4.90 Å². The second-order valence-electron chi connectivity index (χ2n) is 7.06. The minimum atomic E-state index is -0.257. The Balaban J connectivity index is 1.58. The second kappa shape index (κ2) is 3.25. The summed E-state index contributed by atoms with van der Waals surface area (Å²) in [5.74, 6) is 2.87. The van der Waals surface area contributed by atoms with Crippen LogP contribution in [0.15, 0.2) is 0 Å². The van der Waals surface area contributed by atoms with Gasteiger partial charge in [0.1, 0.15) is 0 Å². The lowest BCUT2D eigenvalue weighted by Gasteiger charge is -2.57. The quantitative estimate of drug-likeness (QED) is 0.746. The Kier molecular flexibility index (Phi) is 1.98. The predicted octanol–water partition coefficient (Wildman–Crippen LogP) is 1.41. The normalized spacial score (nSPS) is 48.3. The summed E-state index contributed by atoms with van der Waals surface area (Å²) >= 11 is 0. The highest BCUT2D eigenvalue weighted by Crippen LogP contribution is 2.60. The molecule has 94 valence electrons. The Bertz CT molecular complexity index is 324. The fourth-order valence-corrected chi connectivity index (χ4v) is 5.33. The zero-order chi connectivity index (χ0) is 11.6. The molecule has 1 heterocycles. The van der Waals surface area contributed by atoms with E-state index in [0.29, 0.717) is 19.0 Å². The van der Waals surface area contributed by atoms with Crippen LogP contribution in [0.2, 0.25) is 0 Å². The van der Waals surface area contributed by atoms with Crippen LogP contribution in [-0.4, -0.2) is 35.1 Å². The van der Waals surface area contributed by atoms with E-state index in [0.717, 1.165) is 37.0 Å². The molecule has 0 spiro atoms. The monoisotopic (exact) mass is 235 g/mol. The van der Waals surface area contributed by atoms with Gasteiger partial charge < -0.3 is 10.0 Å². The predicted molar refractivity (Wildman–Crippen MR) is 63.2 cm³/mol. The molecule has 3 nitrogen and oxygen atoms in total. The van der Waals surface area contributed by atoms with Gasteiger partial charge in [-0.1, -0.05) is 0 Å². The van der Waals surface area contributed by atoms with Gasteiger partial charge >= 0.3 is 0 Å². The largest absolute Gasteiger partial charge is 0.389 e. The van der Waals surface area contributed by atoms with Crippen molar-refractivity contribution in [3.8, 4) is 0 Å². The number of hydrogen-bond acceptors (Lipinski definition) is 2. The molecule has 5 aliphatic rings. The minimum absolute atomic E-state index is 0.00507. The number of carbonyl (C=O) groups is 1. The molecule has 3 heteroatoms. The molecule has 0 aromatic heterocycles. The van der Waals surface area contributed by atoms with Crippen molar-refractivity contribution in [1.29, 1.82) is 0 Å². The third-order valence-corrected chi connectivity index (χ3v) is 5.64. The van der Waals surface area contributed by atoms with Gasteiger partial charge in [-0.2, -0.15) is 0 Å². The van der Waals surface area contributed by atoms with Crippen molar-refractivity contribution in [3.63, 3.8) is 0 Å².